The molecule has 0 spiro atoms. The number of aliphatic carboxylic acids is 1. The Kier molecular flexibility index (Phi) is 8.90. The van der Waals surface area contributed by atoms with E-state index < -0.39 is 59.6 Å². The van der Waals surface area contributed by atoms with Gasteiger partial charge in [-0.25, -0.2) is 0 Å². The summed E-state index contributed by atoms with van der Waals surface area (Å²) in [6.07, 6.45) is 2.70. The smallest absolute Gasteiger partial charge is 0.433 e. The lowest BCUT2D eigenvalue weighted by atomic mass is 9.86. The lowest BCUT2D eigenvalue weighted by Gasteiger charge is -2.33. The molecule has 2 heterocycles. The van der Waals surface area contributed by atoms with E-state index in [1.807, 2.05) is 0 Å². The summed E-state index contributed by atoms with van der Waals surface area (Å²) < 4.78 is 44.1. The van der Waals surface area contributed by atoms with E-state index in [9.17, 15) is 32.7 Å². The number of ketones is 1. The number of pyridine rings is 1. The van der Waals surface area contributed by atoms with Gasteiger partial charge in [-0.3, -0.25) is 24.0 Å². The van der Waals surface area contributed by atoms with Crippen molar-refractivity contribution >= 4 is 40.9 Å². The number of nitrogens with zero attached hydrogens (tertiary/aromatic N) is 4. The first kappa shape index (κ1) is 29.3. The van der Waals surface area contributed by atoms with Crippen molar-refractivity contribution in [1.82, 2.24) is 19.7 Å². The molecular weight excluding hydrogens is 560 g/mol. The van der Waals surface area contributed by atoms with Crippen LogP contribution in [0.2, 0.25) is 10.0 Å². The third kappa shape index (κ3) is 6.24. The molecule has 2 fully saturated rings. The Hall–Kier alpha value is -2.66. The van der Waals surface area contributed by atoms with Gasteiger partial charge in [-0.15, -0.1) is 0 Å². The summed E-state index contributed by atoms with van der Waals surface area (Å²) in [4.78, 5) is 43.4. The van der Waals surface area contributed by atoms with Gasteiger partial charge in [0.25, 0.3) is 5.91 Å². The van der Waals surface area contributed by atoms with Crippen molar-refractivity contribution in [2.45, 2.75) is 76.6 Å². The average molecular weight is 589 g/mol. The SMILES string of the molecule is CC(C1CCCC1)N(CC(=O)c1c(Cl)cncc1Cl)C(=O)c1cnn([C@H]2CC[C@H](C(=O)O)CC2)c1C(F)(F)F. The summed E-state index contributed by atoms with van der Waals surface area (Å²) in [5, 5.41) is 13.2. The maximum absolute atomic E-state index is 14.4. The first-order valence-corrected chi connectivity index (χ1v) is 13.7. The molecule has 2 saturated carbocycles. The number of hydrogen-bond acceptors (Lipinski definition) is 5. The summed E-state index contributed by atoms with van der Waals surface area (Å²) in [6, 6.07) is -1.23. The lowest BCUT2D eigenvalue weighted by Crippen LogP contribution is -2.45. The molecule has 0 aromatic carbocycles. The Morgan fingerprint density at radius 2 is 1.64 bits per heavy atom. The van der Waals surface area contributed by atoms with Crippen molar-refractivity contribution in [3.05, 3.63) is 45.5 Å². The Morgan fingerprint density at radius 1 is 1.05 bits per heavy atom. The highest BCUT2D eigenvalue weighted by Crippen LogP contribution is 2.40. The van der Waals surface area contributed by atoms with Crippen molar-refractivity contribution in [3.63, 3.8) is 0 Å². The maximum Gasteiger partial charge on any atom is 0.433 e. The lowest BCUT2D eigenvalue weighted by molar-refractivity contribution is -0.147. The van der Waals surface area contributed by atoms with E-state index in [0.717, 1.165) is 36.6 Å². The molecule has 2 aromatic heterocycles. The van der Waals surface area contributed by atoms with E-state index in [1.165, 1.54) is 17.3 Å². The molecule has 1 N–H and O–H groups in total. The van der Waals surface area contributed by atoms with Crippen LogP contribution in [0.3, 0.4) is 0 Å². The highest BCUT2D eigenvalue weighted by atomic mass is 35.5. The predicted octanol–water partition coefficient (Wildman–Crippen LogP) is 6.32. The minimum Gasteiger partial charge on any atom is -0.481 e. The number of carbonyl (C=O) groups excluding carboxylic acids is 2. The number of rotatable bonds is 8. The fourth-order valence-electron chi connectivity index (χ4n) is 5.81. The largest absolute Gasteiger partial charge is 0.481 e. The number of aromatic nitrogens is 3. The van der Waals surface area contributed by atoms with Crippen LogP contribution in [0.1, 0.15) is 90.7 Å². The van der Waals surface area contributed by atoms with Crippen molar-refractivity contribution in [2.75, 3.05) is 6.54 Å². The van der Waals surface area contributed by atoms with Crippen LogP contribution in [0, 0.1) is 11.8 Å². The molecule has 4 rings (SSSR count). The van der Waals surface area contributed by atoms with Crippen LogP contribution in [-0.4, -0.2) is 55.0 Å². The minimum atomic E-state index is -4.91. The van der Waals surface area contributed by atoms with Gasteiger partial charge >= 0.3 is 12.1 Å². The molecule has 1 unspecified atom stereocenters. The van der Waals surface area contributed by atoms with E-state index in [2.05, 4.69) is 10.1 Å². The third-order valence-corrected chi connectivity index (χ3v) is 8.54. The number of amides is 1. The van der Waals surface area contributed by atoms with Crippen LogP contribution < -0.4 is 0 Å². The summed E-state index contributed by atoms with van der Waals surface area (Å²) in [5.41, 5.74) is -1.89. The molecule has 0 radical (unpaired) electrons. The fraction of sp³-hybridized carbons (Fsp3) is 0.577. The number of carboxylic acid groups (broad SMARTS) is 1. The van der Waals surface area contributed by atoms with Gasteiger partial charge < -0.3 is 10.0 Å². The monoisotopic (exact) mass is 588 g/mol. The molecule has 2 aliphatic carbocycles. The topological polar surface area (TPSA) is 105 Å². The normalized spacial score (nSPS) is 21.1. The van der Waals surface area contributed by atoms with Crippen LogP contribution in [0.5, 0.6) is 0 Å². The Bertz CT molecular complexity index is 1220. The van der Waals surface area contributed by atoms with Gasteiger partial charge in [-0.05, 0) is 51.4 Å². The molecule has 39 heavy (non-hydrogen) atoms. The minimum absolute atomic E-state index is 0.0146. The second kappa shape index (κ2) is 11.8. The maximum atomic E-state index is 14.4. The van der Waals surface area contributed by atoms with Crippen LogP contribution >= 0.6 is 23.2 Å². The Labute approximate surface area is 233 Å². The number of carbonyl (C=O) groups is 3. The number of Topliss-reactive ketones (excluding diaryl/α,β-unsaturated/α-hetero) is 1. The zero-order valence-corrected chi connectivity index (χ0v) is 22.8. The molecule has 13 heteroatoms. The second-order valence-electron chi connectivity index (χ2n) is 10.3. The number of carboxylic acids is 1. The third-order valence-electron chi connectivity index (χ3n) is 7.97. The van der Waals surface area contributed by atoms with Crippen LogP contribution in [0.15, 0.2) is 18.6 Å². The summed E-state index contributed by atoms with van der Waals surface area (Å²) >= 11 is 12.3. The Balaban J connectivity index is 1.69. The van der Waals surface area contributed by atoms with Gasteiger partial charge in [0.15, 0.2) is 11.5 Å². The van der Waals surface area contributed by atoms with E-state index in [4.69, 9.17) is 23.2 Å². The van der Waals surface area contributed by atoms with Crippen LogP contribution in [0.25, 0.3) is 0 Å². The average Bonchev–Trinajstić information content (AvgIpc) is 3.57. The number of halogens is 5. The van der Waals surface area contributed by atoms with Crippen molar-refractivity contribution in [1.29, 1.82) is 0 Å². The molecule has 8 nitrogen and oxygen atoms in total. The highest BCUT2D eigenvalue weighted by molar-refractivity contribution is 6.39. The first-order valence-electron chi connectivity index (χ1n) is 12.9. The molecule has 1 atom stereocenters. The standard InChI is InChI=1S/C26H29Cl2F3N4O4/c1-14(15-4-2-3-5-15)34(13-21(36)22-19(27)11-32-12-20(22)28)24(37)18-10-33-35(23(18)26(29,30)31)17-8-6-16(7-9-17)25(38)39/h10-12,14-17H,2-9,13H2,1H3,(H,38,39)/t14?,16-,17-. The van der Waals surface area contributed by atoms with E-state index in [-0.39, 0.29) is 47.2 Å². The number of alkyl halides is 3. The Morgan fingerprint density at radius 3 is 2.18 bits per heavy atom. The molecule has 0 bridgehead atoms. The van der Waals surface area contributed by atoms with Gasteiger partial charge in [-0.1, -0.05) is 36.0 Å². The van der Waals surface area contributed by atoms with E-state index in [1.54, 1.807) is 6.92 Å². The van der Waals surface area contributed by atoms with Gasteiger partial charge in [-0.2, -0.15) is 18.3 Å². The summed E-state index contributed by atoms with van der Waals surface area (Å²) in [6.45, 7) is 1.22. The number of hydrogen-bond donors (Lipinski definition) is 1. The second-order valence-corrected chi connectivity index (χ2v) is 11.1. The van der Waals surface area contributed by atoms with Gasteiger partial charge in [0.1, 0.15) is 0 Å². The van der Waals surface area contributed by atoms with Crippen molar-refractivity contribution < 1.29 is 32.7 Å². The zero-order valence-electron chi connectivity index (χ0n) is 21.3. The molecule has 2 aromatic rings. The predicted molar refractivity (Wildman–Crippen MR) is 137 cm³/mol. The fourth-order valence-corrected chi connectivity index (χ4v) is 6.38. The van der Waals surface area contributed by atoms with Crippen molar-refractivity contribution in [2.24, 2.45) is 11.8 Å². The molecule has 2 aliphatic rings. The molecule has 0 aliphatic heterocycles. The quantitative estimate of drug-likeness (QED) is 0.361. The van der Waals surface area contributed by atoms with E-state index in [0.29, 0.717) is 0 Å². The van der Waals surface area contributed by atoms with Crippen LogP contribution in [-0.2, 0) is 11.0 Å². The zero-order chi connectivity index (χ0) is 28.5. The molecule has 0 saturated heterocycles. The summed E-state index contributed by atoms with van der Waals surface area (Å²) in [5.74, 6) is -3.15. The van der Waals surface area contributed by atoms with Gasteiger partial charge in [0.05, 0.1) is 45.9 Å². The first-order chi connectivity index (χ1) is 18.4. The van der Waals surface area contributed by atoms with Crippen molar-refractivity contribution in [3.8, 4) is 0 Å². The summed E-state index contributed by atoms with van der Waals surface area (Å²) in [7, 11) is 0. The van der Waals surface area contributed by atoms with Gasteiger partial charge in [0.2, 0.25) is 0 Å². The highest BCUT2D eigenvalue weighted by Gasteiger charge is 2.44. The molecule has 212 valence electrons. The molecule has 1 amide bonds. The van der Waals surface area contributed by atoms with E-state index >= 15 is 0 Å². The van der Waals surface area contributed by atoms with Crippen LogP contribution in [0.4, 0.5) is 13.2 Å². The van der Waals surface area contributed by atoms with Gasteiger partial charge in [0, 0.05) is 18.4 Å². The molecular formula is C26H29Cl2F3N4O4.